The van der Waals surface area contributed by atoms with E-state index < -0.39 is 8.46 Å². The first-order chi connectivity index (χ1) is 6.76. The Morgan fingerprint density at radius 3 is 1.79 bits per heavy atom. The minimum Gasteiger partial charge on any atom is -0.493 e. The predicted octanol–water partition coefficient (Wildman–Crippen LogP) is 1.36. The third-order valence-electron chi connectivity index (χ3n) is 1.78. The molecule has 1 rings (SSSR count). The molecule has 1 aromatic rings. The van der Waals surface area contributed by atoms with Crippen LogP contribution in [0.5, 0.6) is 17.2 Å². The van der Waals surface area contributed by atoms with Gasteiger partial charge in [-0.2, -0.15) is 0 Å². The van der Waals surface area contributed by atoms with Crippen molar-refractivity contribution in [3.63, 3.8) is 0 Å². The third kappa shape index (κ3) is 1.96. The van der Waals surface area contributed by atoms with Crippen molar-refractivity contribution >= 4 is 13.8 Å². The molecule has 0 aliphatic rings. The molecule has 0 N–H and O–H groups in total. The van der Waals surface area contributed by atoms with Gasteiger partial charge >= 0.3 is 8.46 Å². The van der Waals surface area contributed by atoms with Gasteiger partial charge in [0.2, 0.25) is 5.75 Å². The van der Waals surface area contributed by atoms with Crippen LogP contribution in [0.25, 0.3) is 0 Å². The van der Waals surface area contributed by atoms with Crippen LogP contribution in [0, 0.1) is 0 Å². The lowest BCUT2D eigenvalue weighted by molar-refractivity contribution is 0.325. The van der Waals surface area contributed by atoms with Gasteiger partial charge in [0.05, 0.1) is 21.3 Å². The van der Waals surface area contributed by atoms with Crippen molar-refractivity contribution in [2.45, 2.75) is 0 Å². The first kappa shape index (κ1) is 10.8. The van der Waals surface area contributed by atoms with Crippen LogP contribution in [0.4, 0.5) is 0 Å². The average Bonchev–Trinajstić information content (AvgIpc) is 2.26. The molecule has 14 heavy (non-hydrogen) atoms. The quantitative estimate of drug-likeness (QED) is 0.711. The number of hydrogen-bond acceptors (Lipinski definition) is 4. The molecule has 0 fully saturated rings. The Morgan fingerprint density at radius 2 is 1.50 bits per heavy atom. The smallest absolute Gasteiger partial charge is 0.363 e. The topological polar surface area (TPSA) is 44.8 Å². The van der Waals surface area contributed by atoms with Crippen molar-refractivity contribution in [2.75, 3.05) is 21.3 Å². The van der Waals surface area contributed by atoms with Gasteiger partial charge in [0, 0.05) is 12.1 Å². The van der Waals surface area contributed by atoms with Gasteiger partial charge in [-0.15, -0.1) is 0 Å². The SMILES string of the molecule is COc1cc([PH+]=O)cc(OC)c1OC. The Balaban J connectivity index is 3.31. The maximum absolute atomic E-state index is 10.7. The van der Waals surface area contributed by atoms with E-state index in [1.54, 1.807) is 12.1 Å². The largest absolute Gasteiger partial charge is 0.493 e. The molecule has 76 valence electrons. The molecule has 0 aromatic heterocycles. The van der Waals surface area contributed by atoms with Gasteiger partial charge in [0.15, 0.2) is 16.8 Å². The van der Waals surface area contributed by atoms with E-state index in [-0.39, 0.29) is 0 Å². The second-order valence-electron chi connectivity index (χ2n) is 2.52. The van der Waals surface area contributed by atoms with Crippen LogP contribution in [0.3, 0.4) is 0 Å². The first-order valence-electron chi connectivity index (χ1n) is 3.95. The summed E-state index contributed by atoms with van der Waals surface area (Å²) in [5.74, 6) is 1.55. The molecule has 1 unspecified atom stereocenters. The summed E-state index contributed by atoms with van der Waals surface area (Å²) >= 11 is 0. The summed E-state index contributed by atoms with van der Waals surface area (Å²) < 4.78 is 26.0. The second kappa shape index (κ2) is 4.82. The first-order valence-corrected chi connectivity index (χ1v) is 4.85. The minimum absolute atomic E-state index is 0.511. The Kier molecular flexibility index (Phi) is 3.72. The molecule has 0 amide bonds. The molecule has 0 saturated heterocycles. The highest BCUT2D eigenvalue weighted by Gasteiger charge is 2.15. The molecule has 5 heteroatoms. The second-order valence-corrected chi connectivity index (χ2v) is 3.30. The zero-order chi connectivity index (χ0) is 10.6. The number of hydrogen-bond donors (Lipinski definition) is 0. The highest BCUT2D eigenvalue weighted by Crippen LogP contribution is 2.36. The van der Waals surface area contributed by atoms with Gasteiger partial charge in [-0.1, -0.05) is 4.57 Å². The molecule has 0 radical (unpaired) electrons. The van der Waals surface area contributed by atoms with E-state index in [1.807, 2.05) is 0 Å². The Hall–Kier alpha value is -1.28. The lowest BCUT2D eigenvalue weighted by Gasteiger charge is -2.10. The minimum atomic E-state index is -0.539. The summed E-state index contributed by atoms with van der Waals surface area (Å²) in [6.07, 6.45) is 0. The average molecular weight is 215 g/mol. The van der Waals surface area contributed by atoms with Gasteiger partial charge in [-0.05, 0) is 0 Å². The van der Waals surface area contributed by atoms with E-state index in [0.717, 1.165) is 0 Å². The molecule has 1 atom stereocenters. The van der Waals surface area contributed by atoms with Crippen LogP contribution in [0.15, 0.2) is 12.1 Å². The molecule has 0 heterocycles. The van der Waals surface area contributed by atoms with Gasteiger partial charge in [-0.25, -0.2) is 0 Å². The lowest BCUT2D eigenvalue weighted by atomic mass is 10.3. The zero-order valence-electron chi connectivity index (χ0n) is 8.29. The van der Waals surface area contributed by atoms with Crippen LogP contribution in [-0.2, 0) is 4.57 Å². The molecule has 0 saturated carbocycles. The normalized spacial score (nSPS) is 9.93. The number of rotatable bonds is 4. The Labute approximate surface area is 84.0 Å². The van der Waals surface area contributed by atoms with Gasteiger partial charge in [0.1, 0.15) is 0 Å². The molecule has 4 nitrogen and oxygen atoms in total. The predicted molar refractivity (Wildman–Crippen MR) is 54.7 cm³/mol. The molecule has 0 aliphatic carbocycles. The van der Waals surface area contributed by atoms with Gasteiger partial charge < -0.3 is 14.2 Å². The van der Waals surface area contributed by atoms with Crippen LogP contribution >= 0.6 is 8.46 Å². The van der Waals surface area contributed by atoms with Crippen LogP contribution in [0.2, 0.25) is 0 Å². The van der Waals surface area contributed by atoms with E-state index in [2.05, 4.69) is 0 Å². The van der Waals surface area contributed by atoms with Crippen molar-refractivity contribution < 1.29 is 18.8 Å². The maximum Gasteiger partial charge on any atom is 0.363 e. The summed E-state index contributed by atoms with van der Waals surface area (Å²) in [5.41, 5.74) is 0. The van der Waals surface area contributed by atoms with Crippen LogP contribution < -0.4 is 19.5 Å². The summed E-state index contributed by atoms with van der Waals surface area (Å²) in [7, 11) is 4.03. The van der Waals surface area contributed by atoms with Crippen molar-refractivity contribution in [1.29, 1.82) is 0 Å². The maximum atomic E-state index is 10.7. The monoisotopic (exact) mass is 215 g/mol. The summed E-state index contributed by atoms with van der Waals surface area (Å²) in [6.45, 7) is 0. The highest BCUT2D eigenvalue weighted by atomic mass is 31.1. The Bertz CT molecular complexity index is 313. The third-order valence-corrected chi connectivity index (χ3v) is 2.31. The lowest BCUT2D eigenvalue weighted by Crippen LogP contribution is -2.00. The van der Waals surface area contributed by atoms with E-state index in [0.29, 0.717) is 22.6 Å². The van der Waals surface area contributed by atoms with Crippen LogP contribution in [0.1, 0.15) is 0 Å². The fourth-order valence-corrected chi connectivity index (χ4v) is 1.52. The molecular weight excluding hydrogens is 203 g/mol. The summed E-state index contributed by atoms with van der Waals surface area (Å²) in [5, 5.41) is 0.638. The highest BCUT2D eigenvalue weighted by molar-refractivity contribution is 7.34. The van der Waals surface area contributed by atoms with Crippen molar-refractivity contribution in [1.82, 2.24) is 0 Å². The van der Waals surface area contributed by atoms with Crippen LogP contribution in [-0.4, -0.2) is 21.3 Å². The van der Waals surface area contributed by atoms with E-state index in [4.69, 9.17) is 14.2 Å². The number of benzene rings is 1. The fraction of sp³-hybridized carbons (Fsp3) is 0.333. The molecule has 0 bridgehead atoms. The summed E-state index contributed by atoms with van der Waals surface area (Å²) in [6, 6.07) is 3.32. The fourth-order valence-electron chi connectivity index (χ4n) is 1.14. The van der Waals surface area contributed by atoms with E-state index in [1.165, 1.54) is 21.3 Å². The van der Waals surface area contributed by atoms with Gasteiger partial charge in [0.25, 0.3) is 0 Å². The standard InChI is InChI=1S/C9H11O4P/c1-11-7-4-6(14-10)5-8(12-2)9(7)13-3/h4-5H,1-3H3/p+1. The Morgan fingerprint density at radius 1 is 1.00 bits per heavy atom. The zero-order valence-corrected chi connectivity index (χ0v) is 9.29. The van der Waals surface area contributed by atoms with E-state index >= 15 is 0 Å². The van der Waals surface area contributed by atoms with Crippen molar-refractivity contribution in [3.8, 4) is 17.2 Å². The molecule has 1 aromatic carbocycles. The number of ether oxygens (including phenoxy) is 3. The summed E-state index contributed by atoms with van der Waals surface area (Å²) in [4.78, 5) is 0. The van der Waals surface area contributed by atoms with E-state index in [9.17, 15) is 4.57 Å². The van der Waals surface area contributed by atoms with Crippen molar-refractivity contribution in [2.24, 2.45) is 0 Å². The van der Waals surface area contributed by atoms with Gasteiger partial charge in [-0.3, -0.25) is 0 Å². The molecule has 0 spiro atoms. The van der Waals surface area contributed by atoms with Crippen molar-refractivity contribution in [3.05, 3.63) is 12.1 Å². The molecular formula is C9H12O4P+. The molecule has 0 aliphatic heterocycles. The number of methoxy groups -OCH3 is 3.